The first-order valence-corrected chi connectivity index (χ1v) is 9.47. The van der Waals surface area contributed by atoms with Gasteiger partial charge in [-0.15, -0.1) is 0 Å². The van der Waals surface area contributed by atoms with Gasteiger partial charge in [-0.1, -0.05) is 66.6 Å². The second-order valence-electron chi connectivity index (χ2n) is 6.61. The summed E-state index contributed by atoms with van der Waals surface area (Å²) < 4.78 is 0. The normalized spacial score (nSPS) is 10.7. The third-order valence-electron chi connectivity index (χ3n) is 4.18. The van der Waals surface area contributed by atoms with E-state index in [4.69, 9.17) is 0 Å². The summed E-state index contributed by atoms with van der Waals surface area (Å²) in [5.41, 5.74) is 3.32. The van der Waals surface area contributed by atoms with Crippen LogP contribution >= 0.6 is 0 Å². The van der Waals surface area contributed by atoms with Crippen LogP contribution in [0.3, 0.4) is 0 Å². The molecule has 2 aromatic rings. The van der Waals surface area contributed by atoms with Gasteiger partial charge >= 0.3 is 0 Å². The Morgan fingerprint density at radius 2 is 1.74 bits per heavy atom. The van der Waals surface area contributed by atoms with Crippen molar-refractivity contribution in [2.24, 2.45) is 0 Å². The van der Waals surface area contributed by atoms with Crippen LogP contribution in [0.2, 0.25) is 0 Å². The van der Waals surface area contributed by atoms with E-state index in [0.29, 0.717) is 19.5 Å². The lowest BCUT2D eigenvalue weighted by molar-refractivity contribution is -0.121. The summed E-state index contributed by atoms with van der Waals surface area (Å²) in [6, 6.07) is 17.9. The van der Waals surface area contributed by atoms with Gasteiger partial charge < -0.3 is 10.6 Å². The minimum Gasteiger partial charge on any atom is -0.353 e. The van der Waals surface area contributed by atoms with Crippen molar-refractivity contribution in [3.05, 3.63) is 77.4 Å². The van der Waals surface area contributed by atoms with E-state index in [-0.39, 0.29) is 11.8 Å². The summed E-state index contributed by atoms with van der Waals surface area (Å²) in [4.78, 5) is 23.6. The fourth-order valence-corrected chi connectivity index (χ4v) is 2.71. The Labute approximate surface area is 161 Å². The molecule has 0 radical (unpaired) electrons. The van der Waals surface area contributed by atoms with Crippen LogP contribution in [0.5, 0.6) is 0 Å². The highest BCUT2D eigenvalue weighted by Gasteiger charge is 2.02. The van der Waals surface area contributed by atoms with E-state index in [1.165, 1.54) is 5.56 Å². The topological polar surface area (TPSA) is 58.2 Å². The third-order valence-corrected chi connectivity index (χ3v) is 4.18. The summed E-state index contributed by atoms with van der Waals surface area (Å²) in [6.07, 6.45) is 6.49. The Kier molecular flexibility index (Phi) is 8.84. The zero-order valence-corrected chi connectivity index (χ0v) is 15.9. The first kappa shape index (κ1) is 20.4. The minimum absolute atomic E-state index is 0.0753. The lowest BCUT2D eigenvalue weighted by Crippen LogP contribution is -2.23. The van der Waals surface area contributed by atoms with E-state index < -0.39 is 0 Å². The monoisotopic (exact) mass is 364 g/mol. The molecule has 27 heavy (non-hydrogen) atoms. The Hall–Kier alpha value is -2.88. The highest BCUT2D eigenvalue weighted by molar-refractivity contribution is 5.91. The zero-order valence-electron chi connectivity index (χ0n) is 15.9. The largest absolute Gasteiger partial charge is 0.353 e. The van der Waals surface area contributed by atoms with Crippen molar-refractivity contribution >= 4 is 17.9 Å². The fourth-order valence-electron chi connectivity index (χ4n) is 2.71. The molecule has 2 N–H and O–H groups in total. The van der Waals surface area contributed by atoms with Crippen molar-refractivity contribution in [1.82, 2.24) is 10.6 Å². The molecule has 4 heteroatoms. The van der Waals surface area contributed by atoms with E-state index in [0.717, 1.165) is 30.4 Å². The van der Waals surface area contributed by atoms with Crippen LogP contribution in [-0.2, 0) is 16.1 Å². The van der Waals surface area contributed by atoms with Crippen LogP contribution < -0.4 is 10.6 Å². The number of unbranched alkanes of at least 4 members (excludes halogenated alkanes) is 2. The van der Waals surface area contributed by atoms with Gasteiger partial charge in [-0.2, -0.15) is 0 Å². The molecule has 0 aromatic heterocycles. The van der Waals surface area contributed by atoms with Gasteiger partial charge in [-0.05, 0) is 37.0 Å². The number of carbonyl (C=O) groups excluding carboxylic acids is 2. The zero-order chi connectivity index (χ0) is 19.3. The molecule has 0 atom stereocenters. The molecule has 0 fully saturated rings. The summed E-state index contributed by atoms with van der Waals surface area (Å²) in [6.45, 7) is 3.24. The second kappa shape index (κ2) is 11.7. The molecule has 2 rings (SSSR count). The van der Waals surface area contributed by atoms with Gasteiger partial charge in [-0.25, -0.2) is 0 Å². The maximum Gasteiger partial charge on any atom is 0.243 e. The number of benzene rings is 2. The molecule has 0 heterocycles. The smallest absolute Gasteiger partial charge is 0.243 e. The summed E-state index contributed by atoms with van der Waals surface area (Å²) >= 11 is 0. The van der Waals surface area contributed by atoms with Crippen LogP contribution in [-0.4, -0.2) is 18.4 Å². The number of carbonyl (C=O) groups is 2. The summed E-state index contributed by atoms with van der Waals surface area (Å²) in [7, 11) is 0. The Morgan fingerprint density at radius 3 is 2.52 bits per heavy atom. The average molecular weight is 364 g/mol. The molecule has 0 saturated heterocycles. The predicted molar refractivity (Wildman–Crippen MR) is 110 cm³/mol. The van der Waals surface area contributed by atoms with E-state index >= 15 is 0 Å². The molecule has 0 saturated carbocycles. The van der Waals surface area contributed by atoms with Gasteiger partial charge in [0.1, 0.15) is 0 Å². The number of rotatable bonds is 10. The van der Waals surface area contributed by atoms with Crippen molar-refractivity contribution in [2.75, 3.05) is 6.54 Å². The van der Waals surface area contributed by atoms with Gasteiger partial charge in [-0.3, -0.25) is 9.59 Å². The lowest BCUT2D eigenvalue weighted by atomic mass is 10.1. The van der Waals surface area contributed by atoms with Crippen LogP contribution in [0.4, 0.5) is 0 Å². The van der Waals surface area contributed by atoms with Crippen molar-refractivity contribution in [3.63, 3.8) is 0 Å². The highest BCUT2D eigenvalue weighted by Crippen LogP contribution is 2.04. The first-order valence-electron chi connectivity index (χ1n) is 9.47. The highest BCUT2D eigenvalue weighted by atomic mass is 16.2. The van der Waals surface area contributed by atoms with Crippen molar-refractivity contribution in [3.8, 4) is 0 Å². The standard InChI is InChI=1S/C23H28N2O2/c1-19-9-8-12-21(17-19)18-25-22(26)13-6-3-7-16-24-23(27)15-14-20-10-4-2-5-11-20/h2,4-5,8-12,14-15,17H,3,6-7,13,16,18H2,1H3,(H,24,27)(H,25,26)/b15-14+. The van der Waals surface area contributed by atoms with E-state index in [1.807, 2.05) is 55.5 Å². The van der Waals surface area contributed by atoms with Crippen LogP contribution in [0, 0.1) is 6.92 Å². The van der Waals surface area contributed by atoms with Crippen LogP contribution in [0.25, 0.3) is 6.08 Å². The number of hydrogen-bond donors (Lipinski definition) is 2. The second-order valence-corrected chi connectivity index (χ2v) is 6.61. The SMILES string of the molecule is Cc1cccc(CNC(=O)CCCCCNC(=O)/C=C/c2ccccc2)c1. The summed E-state index contributed by atoms with van der Waals surface area (Å²) in [5.74, 6) is -0.0129. The number of aryl methyl sites for hydroxylation is 1. The molecule has 0 spiro atoms. The predicted octanol–water partition coefficient (Wildman–Crippen LogP) is 4.00. The molecule has 2 amide bonds. The molecular weight excluding hydrogens is 336 g/mol. The van der Waals surface area contributed by atoms with Gasteiger partial charge in [0.25, 0.3) is 0 Å². The van der Waals surface area contributed by atoms with Gasteiger partial charge in [0.15, 0.2) is 0 Å². The molecule has 0 aliphatic carbocycles. The molecule has 0 aliphatic rings. The van der Waals surface area contributed by atoms with E-state index in [9.17, 15) is 9.59 Å². The molecule has 4 nitrogen and oxygen atoms in total. The molecule has 142 valence electrons. The number of amides is 2. The Morgan fingerprint density at radius 1 is 0.926 bits per heavy atom. The third kappa shape index (κ3) is 8.86. The molecular formula is C23H28N2O2. The number of hydrogen-bond acceptors (Lipinski definition) is 2. The maximum atomic E-state index is 11.9. The van der Waals surface area contributed by atoms with Crippen molar-refractivity contribution in [2.45, 2.75) is 39.2 Å². The molecule has 0 bridgehead atoms. The van der Waals surface area contributed by atoms with Gasteiger partial charge in [0.2, 0.25) is 11.8 Å². The van der Waals surface area contributed by atoms with E-state index in [2.05, 4.69) is 16.7 Å². The van der Waals surface area contributed by atoms with E-state index in [1.54, 1.807) is 12.2 Å². The fraction of sp³-hybridized carbons (Fsp3) is 0.304. The molecule has 2 aromatic carbocycles. The molecule has 0 aliphatic heterocycles. The first-order chi connectivity index (χ1) is 13.1. The van der Waals surface area contributed by atoms with Crippen LogP contribution in [0.1, 0.15) is 42.4 Å². The minimum atomic E-state index is -0.0882. The Bertz CT molecular complexity index is 754. The van der Waals surface area contributed by atoms with Crippen LogP contribution in [0.15, 0.2) is 60.7 Å². The quantitative estimate of drug-likeness (QED) is 0.494. The maximum absolute atomic E-state index is 11.9. The average Bonchev–Trinajstić information content (AvgIpc) is 2.68. The van der Waals surface area contributed by atoms with Crippen molar-refractivity contribution in [1.29, 1.82) is 0 Å². The Balaban J connectivity index is 1.51. The van der Waals surface area contributed by atoms with Gasteiger partial charge in [0.05, 0.1) is 0 Å². The van der Waals surface area contributed by atoms with Gasteiger partial charge in [0, 0.05) is 25.6 Å². The molecule has 0 unspecified atom stereocenters. The summed E-state index contributed by atoms with van der Waals surface area (Å²) in [5, 5.41) is 5.82. The van der Waals surface area contributed by atoms with Crippen molar-refractivity contribution < 1.29 is 9.59 Å². The number of nitrogens with one attached hydrogen (secondary N) is 2. The lowest BCUT2D eigenvalue weighted by Gasteiger charge is -2.06.